The third-order valence-electron chi connectivity index (χ3n) is 2.83. The Hall–Kier alpha value is -0.570. The highest BCUT2D eigenvalue weighted by Gasteiger charge is 2.32. The van der Waals surface area contributed by atoms with E-state index in [1.54, 1.807) is 0 Å². The molecule has 0 aromatic rings. The summed E-state index contributed by atoms with van der Waals surface area (Å²) < 4.78 is 0. The van der Waals surface area contributed by atoms with Gasteiger partial charge in [0.25, 0.3) is 0 Å². The fraction of sp³-hybridized carbons (Fsp3) is 0.889. The summed E-state index contributed by atoms with van der Waals surface area (Å²) in [5.41, 5.74) is 0. The first kappa shape index (κ1) is 8.05. The molecule has 2 aliphatic rings. The topological polar surface area (TPSA) is 49.3 Å². The Morgan fingerprint density at radius 2 is 1.83 bits per heavy atom. The van der Waals surface area contributed by atoms with Gasteiger partial charge in [-0.1, -0.05) is 0 Å². The number of carboxylic acids is 1. The molecule has 0 aromatic heterocycles. The molecule has 2 N–H and O–H groups in total. The van der Waals surface area contributed by atoms with Crippen LogP contribution in [0.25, 0.3) is 0 Å². The lowest BCUT2D eigenvalue weighted by molar-refractivity contribution is -0.141. The summed E-state index contributed by atoms with van der Waals surface area (Å²) in [7, 11) is 0. The Morgan fingerprint density at radius 1 is 1.17 bits per heavy atom. The third kappa shape index (κ3) is 1.78. The van der Waals surface area contributed by atoms with Crippen molar-refractivity contribution in [3.63, 3.8) is 0 Å². The van der Waals surface area contributed by atoms with Crippen LogP contribution in [0.15, 0.2) is 0 Å². The molecule has 0 spiro atoms. The molecular weight excluding hydrogens is 154 g/mol. The molecule has 2 fully saturated rings. The van der Waals surface area contributed by atoms with Crippen molar-refractivity contribution < 1.29 is 9.90 Å². The van der Waals surface area contributed by atoms with Crippen molar-refractivity contribution in [3.05, 3.63) is 0 Å². The predicted octanol–water partition coefficient (Wildman–Crippen LogP) is 0.992. The Morgan fingerprint density at radius 3 is 2.33 bits per heavy atom. The summed E-state index contributed by atoms with van der Waals surface area (Å²) in [6.07, 6.45) is 5.32. The van der Waals surface area contributed by atoms with Gasteiger partial charge >= 0.3 is 5.97 Å². The van der Waals surface area contributed by atoms with Crippen LogP contribution in [-0.2, 0) is 4.79 Å². The average Bonchev–Trinajstić information content (AvgIpc) is 2.66. The molecule has 2 rings (SSSR count). The van der Waals surface area contributed by atoms with Gasteiger partial charge in [0.2, 0.25) is 0 Å². The molecule has 2 saturated carbocycles. The highest BCUT2D eigenvalue weighted by atomic mass is 16.4. The van der Waals surface area contributed by atoms with Crippen molar-refractivity contribution in [2.75, 3.05) is 0 Å². The Balaban J connectivity index is 1.76. The SMILES string of the molecule is O=C(O)C1CCC(NC2CC2)C1. The molecule has 2 aliphatic carbocycles. The van der Waals surface area contributed by atoms with Gasteiger partial charge in [-0.2, -0.15) is 0 Å². The van der Waals surface area contributed by atoms with E-state index in [9.17, 15) is 4.79 Å². The van der Waals surface area contributed by atoms with Crippen LogP contribution in [0.3, 0.4) is 0 Å². The zero-order valence-corrected chi connectivity index (χ0v) is 7.12. The largest absolute Gasteiger partial charge is 0.481 e. The van der Waals surface area contributed by atoms with Crippen molar-refractivity contribution in [3.8, 4) is 0 Å². The summed E-state index contributed by atoms with van der Waals surface area (Å²) in [4.78, 5) is 10.6. The molecule has 12 heavy (non-hydrogen) atoms. The molecule has 3 nitrogen and oxygen atoms in total. The van der Waals surface area contributed by atoms with E-state index in [-0.39, 0.29) is 5.92 Å². The van der Waals surface area contributed by atoms with E-state index in [0.29, 0.717) is 12.1 Å². The molecule has 68 valence electrons. The molecular formula is C9H15NO2. The van der Waals surface area contributed by atoms with Crippen LogP contribution in [-0.4, -0.2) is 23.2 Å². The first-order chi connectivity index (χ1) is 5.75. The fourth-order valence-electron chi connectivity index (χ4n) is 1.94. The van der Waals surface area contributed by atoms with E-state index in [1.165, 1.54) is 12.8 Å². The minimum Gasteiger partial charge on any atom is -0.481 e. The summed E-state index contributed by atoms with van der Waals surface area (Å²) in [6.45, 7) is 0. The Bertz CT molecular complexity index is 189. The van der Waals surface area contributed by atoms with Gasteiger partial charge in [-0.25, -0.2) is 0 Å². The van der Waals surface area contributed by atoms with Gasteiger partial charge in [-0.3, -0.25) is 4.79 Å². The summed E-state index contributed by atoms with van der Waals surface area (Å²) in [5.74, 6) is -0.698. The van der Waals surface area contributed by atoms with Crippen LogP contribution in [0.5, 0.6) is 0 Å². The van der Waals surface area contributed by atoms with Gasteiger partial charge < -0.3 is 10.4 Å². The molecule has 0 heterocycles. The monoisotopic (exact) mass is 169 g/mol. The van der Waals surface area contributed by atoms with E-state index >= 15 is 0 Å². The van der Waals surface area contributed by atoms with Crippen LogP contribution in [0.2, 0.25) is 0 Å². The molecule has 3 heteroatoms. The quantitative estimate of drug-likeness (QED) is 0.662. The first-order valence-electron chi connectivity index (χ1n) is 4.74. The summed E-state index contributed by atoms with van der Waals surface area (Å²) in [6, 6.07) is 1.20. The van der Waals surface area contributed by atoms with Crippen LogP contribution in [0, 0.1) is 5.92 Å². The van der Waals surface area contributed by atoms with Gasteiger partial charge in [-0.05, 0) is 32.1 Å². The zero-order chi connectivity index (χ0) is 8.55. The van der Waals surface area contributed by atoms with Crippen molar-refractivity contribution in [2.45, 2.75) is 44.2 Å². The second-order valence-corrected chi connectivity index (χ2v) is 3.99. The highest BCUT2D eigenvalue weighted by molar-refractivity contribution is 5.70. The lowest BCUT2D eigenvalue weighted by atomic mass is 10.1. The number of nitrogens with one attached hydrogen (secondary N) is 1. The fourth-order valence-corrected chi connectivity index (χ4v) is 1.94. The Labute approximate surface area is 72.2 Å². The third-order valence-corrected chi connectivity index (χ3v) is 2.83. The van der Waals surface area contributed by atoms with E-state index in [2.05, 4.69) is 5.32 Å². The molecule has 0 radical (unpaired) electrons. The smallest absolute Gasteiger partial charge is 0.306 e. The van der Waals surface area contributed by atoms with E-state index in [1.807, 2.05) is 0 Å². The van der Waals surface area contributed by atoms with Crippen molar-refractivity contribution in [1.29, 1.82) is 0 Å². The maximum Gasteiger partial charge on any atom is 0.306 e. The van der Waals surface area contributed by atoms with Crippen molar-refractivity contribution in [1.82, 2.24) is 5.32 Å². The standard InChI is InChI=1S/C9H15NO2/c11-9(12)6-1-2-8(5-6)10-7-3-4-7/h6-8,10H,1-5H2,(H,11,12). The number of aliphatic carboxylic acids is 1. The highest BCUT2D eigenvalue weighted by Crippen LogP contribution is 2.29. The van der Waals surface area contributed by atoms with Gasteiger partial charge in [-0.15, -0.1) is 0 Å². The number of hydrogen-bond acceptors (Lipinski definition) is 2. The van der Waals surface area contributed by atoms with Gasteiger partial charge in [0.1, 0.15) is 0 Å². The minimum absolute atomic E-state index is 0.0822. The van der Waals surface area contributed by atoms with Crippen LogP contribution in [0.1, 0.15) is 32.1 Å². The molecule has 0 amide bonds. The molecule has 0 aromatic carbocycles. The van der Waals surface area contributed by atoms with Crippen molar-refractivity contribution >= 4 is 5.97 Å². The van der Waals surface area contributed by atoms with Crippen LogP contribution >= 0.6 is 0 Å². The zero-order valence-electron chi connectivity index (χ0n) is 7.12. The average molecular weight is 169 g/mol. The second-order valence-electron chi connectivity index (χ2n) is 3.99. The van der Waals surface area contributed by atoms with Gasteiger partial charge in [0.05, 0.1) is 5.92 Å². The maximum atomic E-state index is 10.6. The Kier molecular flexibility index (Phi) is 2.05. The second kappa shape index (κ2) is 3.05. The number of hydrogen-bond donors (Lipinski definition) is 2. The van der Waals surface area contributed by atoms with Gasteiger partial charge in [0.15, 0.2) is 0 Å². The minimum atomic E-state index is -0.616. The van der Waals surface area contributed by atoms with Crippen molar-refractivity contribution in [2.24, 2.45) is 5.92 Å². The number of carbonyl (C=O) groups is 1. The molecule has 2 atom stereocenters. The van der Waals surface area contributed by atoms with E-state index in [0.717, 1.165) is 19.3 Å². The summed E-state index contributed by atoms with van der Waals surface area (Å²) in [5, 5.41) is 12.2. The molecule has 0 aliphatic heterocycles. The summed E-state index contributed by atoms with van der Waals surface area (Å²) >= 11 is 0. The lowest BCUT2D eigenvalue weighted by Crippen LogP contribution is -2.28. The maximum absolute atomic E-state index is 10.6. The lowest BCUT2D eigenvalue weighted by Gasteiger charge is -2.10. The van der Waals surface area contributed by atoms with E-state index in [4.69, 9.17) is 5.11 Å². The molecule has 0 bridgehead atoms. The first-order valence-corrected chi connectivity index (χ1v) is 4.74. The number of rotatable bonds is 3. The van der Waals surface area contributed by atoms with E-state index < -0.39 is 5.97 Å². The predicted molar refractivity (Wildman–Crippen MR) is 44.9 cm³/mol. The molecule has 0 saturated heterocycles. The molecule has 2 unspecified atom stereocenters. The van der Waals surface area contributed by atoms with Crippen LogP contribution < -0.4 is 5.32 Å². The normalized spacial score (nSPS) is 35.3. The number of carboxylic acid groups (broad SMARTS) is 1. The van der Waals surface area contributed by atoms with Gasteiger partial charge in [0, 0.05) is 12.1 Å². The van der Waals surface area contributed by atoms with Crippen LogP contribution in [0.4, 0.5) is 0 Å².